The highest BCUT2D eigenvalue weighted by molar-refractivity contribution is 6.01. The van der Waals surface area contributed by atoms with Crippen LogP contribution in [0.1, 0.15) is 84.2 Å². The molecule has 3 aliphatic rings. The highest BCUT2D eigenvalue weighted by atomic mass is 14.4. The molecule has 50 heavy (non-hydrogen) atoms. The van der Waals surface area contributed by atoms with Gasteiger partial charge >= 0.3 is 0 Å². The molecule has 0 unspecified atom stereocenters. The van der Waals surface area contributed by atoms with Crippen molar-refractivity contribution in [2.24, 2.45) is 0 Å². The van der Waals surface area contributed by atoms with Crippen molar-refractivity contribution in [2.75, 3.05) is 0 Å². The Kier molecular flexibility index (Phi) is 6.74. The molecule has 0 heteroatoms. The number of fused-ring (bicyclic) bond motifs is 7. The van der Waals surface area contributed by atoms with Crippen LogP contribution in [0.15, 0.2) is 128 Å². The van der Waals surface area contributed by atoms with Gasteiger partial charge in [0.05, 0.1) is 0 Å². The summed E-state index contributed by atoms with van der Waals surface area (Å²) in [5, 5.41) is 0. The van der Waals surface area contributed by atoms with Gasteiger partial charge in [0.15, 0.2) is 0 Å². The molecule has 0 amide bonds. The molecule has 0 nitrogen and oxygen atoms in total. The van der Waals surface area contributed by atoms with Crippen molar-refractivity contribution in [3.05, 3.63) is 178 Å². The number of hydrogen-bond acceptors (Lipinski definition) is 0. The molecule has 9 rings (SSSR count). The highest BCUT2D eigenvalue weighted by Gasteiger charge is 2.37. The minimum atomic E-state index is -0.0859. The van der Waals surface area contributed by atoms with E-state index in [1.165, 1.54) is 94.6 Å². The summed E-state index contributed by atoms with van der Waals surface area (Å²) >= 11 is 0. The number of rotatable bonds is 5. The van der Waals surface area contributed by atoms with Gasteiger partial charge in [0.25, 0.3) is 0 Å². The van der Waals surface area contributed by atoms with Crippen LogP contribution >= 0.6 is 0 Å². The smallest absolute Gasteiger partial charge is 0.0159 e. The maximum Gasteiger partial charge on any atom is 0.0159 e. The lowest BCUT2D eigenvalue weighted by molar-refractivity contribution is 0.660. The highest BCUT2D eigenvalue weighted by Crippen LogP contribution is 2.54. The van der Waals surface area contributed by atoms with Gasteiger partial charge in [0.1, 0.15) is 0 Å². The molecule has 0 fully saturated rings. The van der Waals surface area contributed by atoms with Crippen molar-refractivity contribution in [1.29, 1.82) is 0 Å². The van der Waals surface area contributed by atoms with Crippen LogP contribution in [0, 0.1) is 0 Å². The van der Waals surface area contributed by atoms with Gasteiger partial charge in [-0.25, -0.2) is 0 Å². The Morgan fingerprint density at radius 2 is 0.960 bits per heavy atom. The Bertz CT molecular complexity index is 2440. The second kappa shape index (κ2) is 11.0. The molecular weight excluding hydrogens is 601 g/mol. The van der Waals surface area contributed by atoms with Crippen molar-refractivity contribution in [2.45, 2.75) is 51.4 Å². The first-order valence-corrected chi connectivity index (χ1v) is 18.0. The summed E-state index contributed by atoms with van der Waals surface area (Å²) in [5.74, 6) is 0. The number of benzene rings is 6. The van der Waals surface area contributed by atoms with E-state index in [1.807, 2.05) is 0 Å². The van der Waals surface area contributed by atoms with Crippen LogP contribution in [0.25, 0.3) is 68.3 Å². The van der Waals surface area contributed by atoms with Crippen LogP contribution in [-0.2, 0) is 17.3 Å². The second-order valence-corrected chi connectivity index (χ2v) is 15.3. The second-order valence-electron chi connectivity index (χ2n) is 15.3. The Balaban J connectivity index is 1.32. The van der Waals surface area contributed by atoms with E-state index >= 15 is 0 Å². The minimum Gasteiger partial charge on any atom is -0.0984 e. The van der Waals surface area contributed by atoms with Gasteiger partial charge < -0.3 is 0 Å². The molecular formula is C50H42. The zero-order chi connectivity index (χ0) is 34.4. The summed E-state index contributed by atoms with van der Waals surface area (Å²) in [5.41, 5.74) is 23.5. The molecule has 0 heterocycles. The largest absolute Gasteiger partial charge is 0.0984 e. The maximum atomic E-state index is 4.46. The Morgan fingerprint density at radius 1 is 0.480 bits per heavy atom. The molecule has 0 spiro atoms. The molecule has 6 aromatic carbocycles. The molecule has 0 aliphatic heterocycles. The van der Waals surface area contributed by atoms with Crippen LogP contribution in [0.2, 0.25) is 0 Å². The Morgan fingerprint density at radius 3 is 1.52 bits per heavy atom. The van der Waals surface area contributed by atoms with Crippen LogP contribution in [0.4, 0.5) is 0 Å². The summed E-state index contributed by atoms with van der Waals surface area (Å²) in [6, 6.07) is 43.0. The molecule has 0 radical (unpaired) electrons. The summed E-state index contributed by atoms with van der Waals surface area (Å²) in [4.78, 5) is 0. The van der Waals surface area contributed by atoms with E-state index in [1.54, 1.807) is 0 Å². The quantitative estimate of drug-likeness (QED) is 0.176. The summed E-state index contributed by atoms with van der Waals surface area (Å²) < 4.78 is 0. The Hall–Kier alpha value is -5.46. The topological polar surface area (TPSA) is 0 Å². The molecule has 0 saturated heterocycles. The normalized spacial score (nSPS) is 15.6. The Labute approximate surface area is 297 Å². The van der Waals surface area contributed by atoms with Crippen molar-refractivity contribution >= 4 is 23.8 Å². The zero-order valence-electron chi connectivity index (χ0n) is 29.5. The molecule has 0 atom stereocenters. The lowest BCUT2D eigenvalue weighted by Gasteiger charge is -2.29. The third-order valence-electron chi connectivity index (χ3n) is 12.0. The lowest BCUT2D eigenvalue weighted by Crippen LogP contribution is -2.15. The van der Waals surface area contributed by atoms with Crippen molar-refractivity contribution in [3.63, 3.8) is 0 Å². The third kappa shape index (κ3) is 4.24. The summed E-state index contributed by atoms with van der Waals surface area (Å²) in [6.45, 7) is 18.4. The van der Waals surface area contributed by atoms with Gasteiger partial charge in [-0.3, -0.25) is 0 Å². The van der Waals surface area contributed by atoms with E-state index in [0.29, 0.717) is 0 Å². The van der Waals surface area contributed by atoms with Gasteiger partial charge in [-0.1, -0.05) is 162 Å². The fraction of sp³-hybridized carbons (Fsp3) is 0.160. The molecule has 0 aromatic heterocycles. The SMILES string of the molecule is C=Cc1c(C=C)c(-c2ccc3c(c2)C(C)(C)c2ccccc2-3)c2c(c1-c1ccc3c(c1)C(C)(C)c1ccccc1-3)C=C(c1ccccc1)CC2. The first-order valence-electron chi connectivity index (χ1n) is 18.0. The first kappa shape index (κ1) is 30.6. The monoisotopic (exact) mass is 642 g/mol. The summed E-state index contributed by atoms with van der Waals surface area (Å²) in [6.07, 6.45) is 8.57. The van der Waals surface area contributed by atoms with Gasteiger partial charge in [-0.05, 0) is 125 Å². The summed E-state index contributed by atoms with van der Waals surface area (Å²) in [7, 11) is 0. The fourth-order valence-electron chi connectivity index (χ4n) is 9.45. The lowest BCUT2D eigenvalue weighted by atomic mass is 9.74. The van der Waals surface area contributed by atoms with Crippen molar-refractivity contribution in [1.82, 2.24) is 0 Å². The third-order valence-corrected chi connectivity index (χ3v) is 12.0. The molecule has 6 aromatic rings. The van der Waals surface area contributed by atoms with E-state index < -0.39 is 0 Å². The van der Waals surface area contributed by atoms with Gasteiger partial charge in [-0.2, -0.15) is 0 Å². The molecule has 0 N–H and O–H groups in total. The van der Waals surface area contributed by atoms with Crippen LogP contribution in [0.3, 0.4) is 0 Å². The standard InChI is InChI=1S/C50H42/c1-7-35-36(8-2)48(34-24-26-40-38-19-13-15-21-44(38)50(5,6)46(40)30-34)42-28-32(31-16-10-9-11-17-31)22-27-41(42)47(35)33-23-25-39-37-18-12-14-20-43(37)49(3,4)45(39)29-33/h7-21,23-26,28-30H,1-2,22,27H2,3-6H3. The predicted molar refractivity (Wildman–Crippen MR) is 215 cm³/mol. The van der Waals surface area contributed by atoms with Crippen LogP contribution in [-0.4, -0.2) is 0 Å². The zero-order valence-corrected chi connectivity index (χ0v) is 29.5. The number of hydrogen-bond donors (Lipinski definition) is 0. The van der Waals surface area contributed by atoms with Crippen LogP contribution in [0.5, 0.6) is 0 Å². The van der Waals surface area contributed by atoms with Gasteiger partial charge in [0, 0.05) is 10.8 Å². The predicted octanol–water partition coefficient (Wildman–Crippen LogP) is 13.4. The first-order chi connectivity index (χ1) is 24.2. The fourth-order valence-corrected chi connectivity index (χ4v) is 9.45. The van der Waals surface area contributed by atoms with E-state index in [-0.39, 0.29) is 10.8 Å². The average molecular weight is 643 g/mol. The van der Waals surface area contributed by atoms with E-state index in [2.05, 4.69) is 174 Å². The van der Waals surface area contributed by atoms with Crippen molar-refractivity contribution in [3.8, 4) is 44.5 Å². The van der Waals surface area contributed by atoms with Crippen molar-refractivity contribution < 1.29 is 0 Å². The van der Waals surface area contributed by atoms with Crippen LogP contribution < -0.4 is 0 Å². The minimum absolute atomic E-state index is 0.0767. The molecule has 0 saturated carbocycles. The molecule has 242 valence electrons. The van der Waals surface area contributed by atoms with E-state index in [0.717, 1.165) is 18.4 Å². The molecule has 0 bridgehead atoms. The molecule has 3 aliphatic carbocycles. The maximum absolute atomic E-state index is 4.46. The number of allylic oxidation sites excluding steroid dienone is 1. The average Bonchev–Trinajstić information content (AvgIpc) is 3.52. The van der Waals surface area contributed by atoms with E-state index in [4.69, 9.17) is 0 Å². The van der Waals surface area contributed by atoms with Gasteiger partial charge in [-0.15, -0.1) is 0 Å². The van der Waals surface area contributed by atoms with Gasteiger partial charge in [0.2, 0.25) is 0 Å². The van der Waals surface area contributed by atoms with E-state index in [9.17, 15) is 0 Å².